The van der Waals surface area contributed by atoms with E-state index < -0.39 is 0 Å². The van der Waals surface area contributed by atoms with E-state index in [0.29, 0.717) is 5.92 Å². The lowest BCUT2D eigenvalue weighted by Gasteiger charge is -1.98. The lowest BCUT2D eigenvalue weighted by molar-refractivity contribution is 0.500. The molecule has 1 aromatic carbocycles. The van der Waals surface area contributed by atoms with Gasteiger partial charge in [0.05, 0.1) is 0 Å². The molecule has 2 aromatic rings. The van der Waals surface area contributed by atoms with Gasteiger partial charge in [-0.3, -0.25) is 0 Å². The molecule has 0 N–H and O–H groups in total. The SMILES string of the molecule is Cc1ccc2oc(CC(C)C)cc2c1. The predicted molar refractivity (Wildman–Crippen MR) is 59.5 cm³/mol. The molecule has 1 heterocycles. The molecule has 0 aliphatic rings. The highest BCUT2D eigenvalue weighted by atomic mass is 16.3. The normalized spacial score (nSPS) is 11.4. The fourth-order valence-corrected chi connectivity index (χ4v) is 1.72. The lowest BCUT2D eigenvalue weighted by Crippen LogP contribution is -1.90. The second kappa shape index (κ2) is 3.49. The number of furan rings is 1. The maximum absolute atomic E-state index is 5.73. The van der Waals surface area contributed by atoms with Crippen molar-refractivity contribution in [2.45, 2.75) is 27.2 Å². The lowest BCUT2D eigenvalue weighted by atomic mass is 10.1. The summed E-state index contributed by atoms with van der Waals surface area (Å²) in [7, 11) is 0. The Balaban J connectivity index is 2.41. The van der Waals surface area contributed by atoms with E-state index in [1.54, 1.807) is 0 Å². The van der Waals surface area contributed by atoms with Crippen molar-refractivity contribution in [1.29, 1.82) is 0 Å². The summed E-state index contributed by atoms with van der Waals surface area (Å²) in [5.74, 6) is 1.75. The molecule has 0 bridgehead atoms. The Kier molecular flexibility index (Phi) is 2.32. The van der Waals surface area contributed by atoms with E-state index in [1.807, 2.05) is 0 Å². The maximum atomic E-state index is 5.73. The van der Waals surface area contributed by atoms with Gasteiger partial charge in [-0.15, -0.1) is 0 Å². The highest BCUT2D eigenvalue weighted by Crippen LogP contribution is 2.22. The van der Waals surface area contributed by atoms with Crippen LogP contribution in [-0.4, -0.2) is 0 Å². The van der Waals surface area contributed by atoms with Crippen LogP contribution in [0.25, 0.3) is 11.0 Å². The van der Waals surface area contributed by atoms with Crippen LogP contribution in [0.1, 0.15) is 25.2 Å². The molecule has 0 unspecified atom stereocenters. The highest BCUT2D eigenvalue weighted by molar-refractivity contribution is 5.78. The first kappa shape index (κ1) is 9.32. The zero-order valence-corrected chi connectivity index (χ0v) is 9.00. The molecule has 0 atom stereocenters. The van der Waals surface area contributed by atoms with Crippen LogP contribution in [0.15, 0.2) is 28.7 Å². The van der Waals surface area contributed by atoms with Crippen molar-refractivity contribution >= 4 is 11.0 Å². The van der Waals surface area contributed by atoms with Gasteiger partial charge in [0, 0.05) is 11.8 Å². The van der Waals surface area contributed by atoms with Gasteiger partial charge >= 0.3 is 0 Å². The first-order chi connectivity index (χ1) is 6.65. The first-order valence-corrected chi connectivity index (χ1v) is 5.14. The van der Waals surface area contributed by atoms with E-state index in [1.165, 1.54) is 10.9 Å². The van der Waals surface area contributed by atoms with Crippen molar-refractivity contribution in [3.05, 3.63) is 35.6 Å². The Morgan fingerprint density at radius 3 is 2.71 bits per heavy atom. The average Bonchev–Trinajstić information content (AvgIpc) is 2.44. The first-order valence-electron chi connectivity index (χ1n) is 5.14. The van der Waals surface area contributed by atoms with Crippen molar-refractivity contribution in [3.8, 4) is 0 Å². The molecule has 0 fully saturated rings. The van der Waals surface area contributed by atoms with Gasteiger partial charge in [-0.2, -0.15) is 0 Å². The molecule has 1 aromatic heterocycles. The van der Waals surface area contributed by atoms with Gasteiger partial charge in [-0.05, 0) is 31.0 Å². The van der Waals surface area contributed by atoms with Crippen LogP contribution >= 0.6 is 0 Å². The summed E-state index contributed by atoms with van der Waals surface area (Å²) in [5.41, 5.74) is 2.29. The zero-order valence-electron chi connectivity index (χ0n) is 9.00. The molecular formula is C13H16O. The summed E-state index contributed by atoms with van der Waals surface area (Å²) in [6, 6.07) is 8.46. The van der Waals surface area contributed by atoms with E-state index in [-0.39, 0.29) is 0 Å². The zero-order chi connectivity index (χ0) is 10.1. The Morgan fingerprint density at radius 2 is 2.00 bits per heavy atom. The topological polar surface area (TPSA) is 13.1 Å². The summed E-state index contributed by atoms with van der Waals surface area (Å²) in [5, 5.41) is 1.22. The average molecular weight is 188 g/mol. The fourth-order valence-electron chi connectivity index (χ4n) is 1.72. The van der Waals surface area contributed by atoms with Crippen LogP contribution < -0.4 is 0 Å². The molecular weight excluding hydrogens is 172 g/mol. The van der Waals surface area contributed by atoms with Crippen molar-refractivity contribution in [3.63, 3.8) is 0 Å². The molecule has 0 amide bonds. The van der Waals surface area contributed by atoms with Crippen molar-refractivity contribution in [2.24, 2.45) is 5.92 Å². The largest absolute Gasteiger partial charge is 0.461 e. The van der Waals surface area contributed by atoms with Crippen LogP contribution in [0, 0.1) is 12.8 Å². The van der Waals surface area contributed by atoms with Gasteiger partial charge in [0.25, 0.3) is 0 Å². The number of hydrogen-bond donors (Lipinski definition) is 0. The molecule has 74 valence electrons. The number of fused-ring (bicyclic) bond motifs is 1. The third-order valence-corrected chi connectivity index (χ3v) is 2.33. The number of rotatable bonds is 2. The Labute approximate surface area is 84.7 Å². The summed E-state index contributed by atoms with van der Waals surface area (Å²) >= 11 is 0. The fraction of sp³-hybridized carbons (Fsp3) is 0.385. The quantitative estimate of drug-likeness (QED) is 0.695. The number of aryl methyl sites for hydroxylation is 1. The molecule has 0 spiro atoms. The van der Waals surface area contributed by atoms with Gasteiger partial charge in [0.15, 0.2) is 0 Å². The minimum Gasteiger partial charge on any atom is -0.461 e. The Hall–Kier alpha value is -1.24. The molecule has 0 saturated carbocycles. The third kappa shape index (κ3) is 1.82. The van der Waals surface area contributed by atoms with Crippen LogP contribution in [0.4, 0.5) is 0 Å². The molecule has 0 radical (unpaired) electrons. The summed E-state index contributed by atoms with van der Waals surface area (Å²) in [6.45, 7) is 6.52. The minimum absolute atomic E-state index is 0.650. The van der Waals surface area contributed by atoms with Gasteiger partial charge in [-0.25, -0.2) is 0 Å². The van der Waals surface area contributed by atoms with E-state index in [9.17, 15) is 0 Å². The third-order valence-electron chi connectivity index (χ3n) is 2.33. The van der Waals surface area contributed by atoms with E-state index >= 15 is 0 Å². The Bertz CT molecular complexity index is 437. The monoisotopic (exact) mass is 188 g/mol. The summed E-state index contributed by atoms with van der Waals surface area (Å²) < 4.78 is 5.73. The predicted octanol–water partition coefficient (Wildman–Crippen LogP) is 3.94. The van der Waals surface area contributed by atoms with E-state index in [0.717, 1.165) is 17.8 Å². The van der Waals surface area contributed by atoms with Crippen LogP contribution in [0.3, 0.4) is 0 Å². The second-order valence-electron chi connectivity index (χ2n) is 4.35. The van der Waals surface area contributed by atoms with Crippen molar-refractivity contribution in [2.75, 3.05) is 0 Å². The van der Waals surface area contributed by atoms with Crippen LogP contribution in [0.5, 0.6) is 0 Å². The minimum atomic E-state index is 0.650. The molecule has 1 heteroatoms. The van der Waals surface area contributed by atoms with Crippen LogP contribution in [-0.2, 0) is 6.42 Å². The molecule has 2 rings (SSSR count). The smallest absolute Gasteiger partial charge is 0.134 e. The van der Waals surface area contributed by atoms with Gasteiger partial charge < -0.3 is 4.42 Å². The summed E-state index contributed by atoms with van der Waals surface area (Å²) in [6.07, 6.45) is 1.02. The summed E-state index contributed by atoms with van der Waals surface area (Å²) in [4.78, 5) is 0. The van der Waals surface area contributed by atoms with E-state index in [2.05, 4.69) is 45.0 Å². The van der Waals surface area contributed by atoms with Crippen LogP contribution in [0.2, 0.25) is 0 Å². The number of hydrogen-bond acceptors (Lipinski definition) is 1. The van der Waals surface area contributed by atoms with Gasteiger partial charge in [-0.1, -0.05) is 25.5 Å². The number of benzene rings is 1. The standard InChI is InChI=1S/C13H16O/c1-9(2)6-12-8-11-7-10(3)4-5-13(11)14-12/h4-5,7-9H,6H2,1-3H3. The molecule has 0 aliphatic heterocycles. The highest BCUT2D eigenvalue weighted by Gasteiger charge is 2.05. The molecule has 0 aliphatic carbocycles. The molecule has 0 saturated heterocycles. The molecule has 1 nitrogen and oxygen atoms in total. The Morgan fingerprint density at radius 1 is 1.21 bits per heavy atom. The van der Waals surface area contributed by atoms with Crippen molar-refractivity contribution < 1.29 is 4.42 Å². The van der Waals surface area contributed by atoms with Crippen molar-refractivity contribution in [1.82, 2.24) is 0 Å². The second-order valence-corrected chi connectivity index (χ2v) is 4.35. The maximum Gasteiger partial charge on any atom is 0.134 e. The molecule has 14 heavy (non-hydrogen) atoms. The van der Waals surface area contributed by atoms with Gasteiger partial charge in [0.1, 0.15) is 11.3 Å². The van der Waals surface area contributed by atoms with Gasteiger partial charge in [0.2, 0.25) is 0 Å². The van der Waals surface area contributed by atoms with E-state index in [4.69, 9.17) is 4.42 Å².